The van der Waals surface area contributed by atoms with Crippen molar-refractivity contribution >= 4 is 21.6 Å². The van der Waals surface area contributed by atoms with Gasteiger partial charge in [-0.3, -0.25) is 0 Å². The first-order valence-electron chi connectivity index (χ1n) is 6.98. The quantitative estimate of drug-likeness (QED) is 0.767. The molecule has 3 nitrogen and oxygen atoms in total. The zero-order valence-corrected chi connectivity index (χ0v) is 13.0. The Morgan fingerprint density at radius 3 is 2.52 bits per heavy atom. The maximum atomic E-state index is 9.79. The fourth-order valence-electron chi connectivity index (χ4n) is 2.46. The Morgan fingerprint density at radius 2 is 1.81 bits per heavy atom. The molecule has 108 valence electrons. The van der Waals surface area contributed by atoms with Crippen molar-refractivity contribution < 1.29 is 5.11 Å². The number of fused-ring (bicyclic) bond motifs is 1. The van der Waals surface area contributed by atoms with Crippen molar-refractivity contribution in [3.63, 3.8) is 0 Å². The van der Waals surface area contributed by atoms with Crippen LogP contribution in [0.25, 0.3) is 10.2 Å². The molecular weight excluding hydrogens is 280 g/mol. The Bertz CT molecular complexity index is 723. The van der Waals surface area contributed by atoms with E-state index in [1.54, 1.807) is 11.3 Å². The van der Waals surface area contributed by atoms with Gasteiger partial charge in [-0.05, 0) is 42.7 Å². The maximum Gasteiger partial charge on any atom is 0.121 e. The summed E-state index contributed by atoms with van der Waals surface area (Å²) in [5.74, 6) is 0.393. The van der Waals surface area contributed by atoms with E-state index in [2.05, 4.69) is 16.4 Å². The fraction of sp³-hybridized carbons (Fsp3) is 0.235. The van der Waals surface area contributed by atoms with Crippen molar-refractivity contribution in [3.8, 4) is 5.75 Å². The highest BCUT2D eigenvalue weighted by Gasteiger charge is 2.05. The van der Waals surface area contributed by atoms with Gasteiger partial charge >= 0.3 is 0 Å². The number of hydrogen-bond acceptors (Lipinski definition) is 4. The Labute approximate surface area is 128 Å². The van der Waals surface area contributed by atoms with Gasteiger partial charge in [-0.1, -0.05) is 24.3 Å². The Balaban J connectivity index is 1.66. The van der Waals surface area contributed by atoms with Gasteiger partial charge in [0.2, 0.25) is 0 Å². The summed E-state index contributed by atoms with van der Waals surface area (Å²) in [6.45, 7) is 5.40. The predicted molar refractivity (Wildman–Crippen MR) is 87.7 cm³/mol. The number of aryl methyl sites for hydroxylation is 2. The molecule has 4 heteroatoms. The molecule has 0 aliphatic heterocycles. The third-order valence-electron chi connectivity index (χ3n) is 3.49. The fourth-order valence-corrected chi connectivity index (χ4v) is 3.39. The molecule has 0 atom stereocenters. The van der Waals surface area contributed by atoms with Gasteiger partial charge in [-0.15, -0.1) is 11.3 Å². The number of para-hydroxylation sites is 1. The van der Waals surface area contributed by atoms with E-state index in [1.807, 2.05) is 44.2 Å². The summed E-state index contributed by atoms with van der Waals surface area (Å²) in [5, 5.41) is 14.3. The van der Waals surface area contributed by atoms with Gasteiger partial charge < -0.3 is 10.4 Å². The molecule has 21 heavy (non-hydrogen) atoms. The average molecular weight is 298 g/mol. The Hall–Kier alpha value is -1.91. The topological polar surface area (TPSA) is 45.2 Å². The molecule has 0 spiro atoms. The molecule has 3 rings (SSSR count). The maximum absolute atomic E-state index is 9.79. The van der Waals surface area contributed by atoms with E-state index in [4.69, 9.17) is 0 Å². The second-order valence-corrected chi connectivity index (χ2v) is 6.37. The number of rotatable bonds is 4. The van der Waals surface area contributed by atoms with Crippen LogP contribution >= 0.6 is 11.3 Å². The number of aromatic nitrogens is 1. The van der Waals surface area contributed by atoms with Crippen LogP contribution in [0.5, 0.6) is 5.75 Å². The molecule has 1 aromatic heterocycles. The Morgan fingerprint density at radius 1 is 1.10 bits per heavy atom. The number of aromatic hydroxyl groups is 1. The molecule has 0 radical (unpaired) electrons. The molecule has 2 aromatic carbocycles. The first kappa shape index (κ1) is 14.0. The van der Waals surface area contributed by atoms with Gasteiger partial charge in [0.25, 0.3) is 0 Å². The number of hydrogen-bond donors (Lipinski definition) is 2. The molecular formula is C17H18N2OS. The smallest absolute Gasteiger partial charge is 0.121 e. The minimum atomic E-state index is 0.393. The molecule has 2 N–H and O–H groups in total. The summed E-state index contributed by atoms with van der Waals surface area (Å²) in [7, 11) is 0. The van der Waals surface area contributed by atoms with Crippen molar-refractivity contribution in [2.45, 2.75) is 26.9 Å². The second-order valence-electron chi connectivity index (χ2n) is 5.26. The zero-order chi connectivity index (χ0) is 14.8. The summed E-state index contributed by atoms with van der Waals surface area (Å²) < 4.78 is 1.23. The number of benzene rings is 2. The minimum absolute atomic E-state index is 0.393. The second kappa shape index (κ2) is 5.84. The predicted octanol–water partition coefficient (Wildman–Crippen LogP) is 3.91. The van der Waals surface area contributed by atoms with Gasteiger partial charge in [0.05, 0.1) is 10.2 Å². The van der Waals surface area contributed by atoms with E-state index in [9.17, 15) is 5.11 Å². The summed E-state index contributed by atoms with van der Waals surface area (Å²) in [4.78, 5) is 4.61. The number of nitrogens with one attached hydrogen (secondary N) is 1. The number of phenolic OH excluding ortho intramolecular Hbond substituents is 1. The molecule has 0 amide bonds. The first-order chi connectivity index (χ1) is 10.1. The van der Waals surface area contributed by atoms with Gasteiger partial charge in [-0.25, -0.2) is 4.98 Å². The van der Waals surface area contributed by atoms with E-state index < -0.39 is 0 Å². The van der Waals surface area contributed by atoms with Crippen LogP contribution in [0, 0.1) is 13.8 Å². The molecule has 0 aliphatic carbocycles. The van der Waals surface area contributed by atoms with Crippen LogP contribution in [0.1, 0.15) is 21.7 Å². The lowest BCUT2D eigenvalue weighted by atomic mass is 10.1. The lowest BCUT2D eigenvalue weighted by molar-refractivity contribution is 0.466. The van der Waals surface area contributed by atoms with Gasteiger partial charge in [-0.2, -0.15) is 0 Å². The minimum Gasteiger partial charge on any atom is -0.507 e. The molecule has 3 aromatic rings. The van der Waals surface area contributed by atoms with E-state index >= 15 is 0 Å². The molecule has 0 fully saturated rings. The van der Waals surface area contributed by atoms with E-state index in [0.29, 0.717) is 5.75 Å². The van der Waals surface area contributed by atoms with Crippen LogP contribution in [-0.2, 0) is 13.1 Å². The molecule has 0 bridgehead atoms. The first-order valence-corrected chi connectivity index (χ1v) is 7.79. The number of nitrogens with zero attached hydrogens (tertiary/aromatic N) is 1. The lowest BCUT2D eigenvalue weighted by Gasteiger charge is -2.08. The van der Waals surface area contributed by atoms with Crippen molar-refractivity contribution in [1.82, 2.24) is 10.3 Å². The van der Waals surface area contributed by atoms with E-state index in [-0.39, 0.29) is 0 Å². The molecule has 1 heterocycles. The van der Waals surface area contributed by atoms with Crippen LogP contribution in [-0.4, -0.2) is 10.1 Å². The lowest BCUT2D eigenvalue weighted by Crippen LogP contribution is -2.12. The molecule has 0 unspecified atom stereocenters. The van der Waals surface area contributed by atoms with Gasteiger partial charge in [0.15, 0.2) is 0 Å². The highest BCUT2D eigenvalue weighted by molar-refractivity contribution is 7.18. The third-order valence-corrected chi connectivity index (χ3v) is 4.53. The van der Waals surface area contributed by atoms with Crippen LogP contribution in [0.3, 0.4) is 0 Å². The highest BCUT2D eigenvalue weighted by Crippen LogP contribution is 2.23. The normalized spacial score (nSPS) is 11.1. The molecule has 0 aliphatic rings. The number of phenols is 1. The standard InChI is InChI=1S/C17H18N2OS/c1-11-7-13(8-12(2)17(11)20)9-18-10-16-19-14-5-3-4-6-15(14)21-16/h3-8,18,20H,9-10H2,1-2H3. The SMILES string of the molecule is Cc1cc(CNCc2nc3ccccc3s2)cc(C)c1O. The summed E-state index contributed by atoms with van der Waals surface area (Å²) in [6, 6.07) is 12.2. The van der Waals surface area contributed by atoms with Crippen LogP contribution in [0.2, 0.25) is 0 Å². The largest absolute Gasteiger partial charge is 0.507 e. The van der Waals surface area contributed by atoms with Gasteiger partial charge in [0.1, 0.15) is 10.8 Å². The highest BCUT2D eigenvalue weighted by atomic mass is 32.1. The average Bonchev–Trinajstić information content (AvgIpc) is 2.87. The van der Waals surface area contributed by atoms with Crippen LogP contribution < -0.4 is 5.32 Å². The zero-order valence-electron chi connectivity index (χ0n) is 12.2. The van der Waals surface area contributed by atoms with E-state index in [0.717, 1.165) is 34.7 Å². The monoisotopic (exact) mass is 298 g/mol. The van der Waals surface area contributed by atoms with Crippen molar-refractivity contribution in [2.24, 2.45) is 0 Å². The number of thiazole rings is 1. The summed E-state index contributed by atoms with van der Waals surface area (Å²) in [6.07, 6.45) is 0. The van der Waals surface area contributed by atoms with E-state index in [1.165, 1.54) is 10.3 Å². The summed E-state index contributed by atoms with van der Waals surface area (Å²) >= 11 is 1.73. The van der Waals surface area contributed by atoms with Gasteiger partial charge in [0, 0.05) is 13.1 Å². The van der Waals surface area contributed by atoms with Crippen molar-refractivity contribution in [3.05, 3.63) is 58.1 Å². The van der Waals surface area contributed by atoms with Crippen molar-refractivity contribution in [2.75, 3.05) is 0 Å². The molecule has 0 saturated carbocycles. The Kier molecular flexibility index (Phi) is 3.90. The third kappa shape index (κ3) is 3.06. The molecule has 0 saturated heterocycles. The van der Waals surface area contributed by atoms with Crippen molar-refractivity contribution in [1.29, 1.82) is 0 Å². The van der Waals surface area contributed by atoms with Crippen LogP contribution in [0.4, 0.5) is 0 Å². The summed E-state index contributed by atoms with van der Waals surface area (Å²) in [5.41, 5.74) is 4.10. The van der Waals surface area contributed by atoms with Crippen LogP contribution in [0.15, 0.2) is 36.4 Å².